The van der Waals surface area contributed by atoms with Crippen molar-refractivity contribution in [2.24, 2.45) is 5.73 Å². The van der Waals surface area contributed by atoms with Crippen LogP contribution in [0.25, 0.3) is 0 Å². The summed E-state index contributed by atoms with van der Waals surface area (Å²) in [5.74, 6) is -0.183. The summed E-state index contributed by atoms with van der Waals surface area (Å²) in [6, 6.07) is 6.81. The van der Waals surface area contributed by atoms with Crippen molar-refractivity contribution in [2.75, 3.05) is 20.8 Å². The van der Waals surface area contributed by atoms with E-state index in [0.717, 1.165) is 6.07 Å². The summed E-state index contributed by atoms with van der Waals surface area (Å²) in [6.45, 7) is 1.83. The predicted molar refractivity (Wildman–Crippen MR) is 98.7 cm³/mol. The molecule has 0 radical (unpaired) electrons. The van der Waals surface area contributed by atoms with Crippen molar-refractivity contribution in [1.29, 1.82) is 0 Å². The topological polar surface area (TPSA) is 130 Å². The Hall–Kier alpha value is -2.85. The number of carbonyl (C=O) groups is 1. The van der Waals surface area contributed by atoms with Gasteiger partial charge < -0.3 is 19.8 Å². The van der Waals surface area contributed by atoms with E-state index >= 15 is 0 Å². The van der Waals surface area contributed by atoms with Gasteiger partial charge in [-0.25, -0.2) is 13.1 Å². The molecule has 10 heteroatoms. The van der Waals surface area contributed by atoms with E-state index in [1.54, 1.807) is 13.0 Å². The summed E-state index contributed by atoms with van der Waals surface area (Å²) >= 11 is 0. The Morgan fingerprint density at radius 1 is 1.19 bits per heavy atom. The quantitative estimate of drug-likeness (QED) is 0.659. The monoisotopic (exact) mass is 395 g/mol. The van der Waals surface area contributed by atoms with Crippen LogP contribution in [0.2, 0.25) is 0 Å². The number of carbonyl (C=O) groups excluding carboxylic acids is 1. The van der Waals surface area contributed by atoms with Gasteiger partial charge in [0.15, 0.2) is 0 Å². The third kappa shape index (κ3) is 4.66. The van der Waals surface area contributed by atoms with E-state index in [4.69, 9.17) is 15.2 Å². The molecule has 2 aromatic rings. The summed E-state index contributed by atoms with van der Waals surface area (Å²) in [6.07, 6.45) is 0. The molecule has 1 aromatic heterocycles. The number of rotatable bonds is 8. The van der Waals surface area contributed by atoms with Crippen molar-refractivity contribution < 1.29 is 22.7 Å². The third-order valence-electron chi connectivity index (χ3n) is 3.92. The zero-order valence-corrected chi connectivity index (χ0v) is 16.0. The van der Waals surface area contributed by atoms with Gasteiger partial charge in [0.05, 0.1) is 24.7 Å². The average Bonchev–Trinajstić information content (AvgIpc) is 2.62. The smallest absolute Gasteiger partial charge is 0.254 e. The van der Waals surface area contributed by atoms with Gasteiger partial charge in [-0.2, -0.15) is 0 Å². The zero-order chi connectivity index (χ0) is 20.2. The number of benzene rings is 1. The number of amides is 1. The highest BCUT2D eigenvalue weighted by Gasteiger charge is 2.18. The highest BCUT2D eigenvalue weighted by atomic mass is 32.2. The van der Waals surface area contributed by atoms with Crippen LogP contribution in [-0.2, 0) is 16.6 Å². The summed E-state index contributed by atoms with van der Waals surface area (Å²) in [5.41, 5.74) is 5.55. The van der Waals surface area contributed by atoms with Crippen molar-refractivity contribution in [3.05, 3.63) is 51.9 Å². The fourth-order valence-corrected chi connectivity index (χ4v) is 3.57. The number of nitrogens with two attached hydrogens (primary N) is 1. The molecule has 0 spiro atoms. The number of hydrogen-bond acceptors (Lipinski definition) is 6. The highest BCUT2D eigenvalue weighted by molar-refractivity contribution is 7.89. The Morgan fingerprint density at radius 2 is 1.89 bits per heavy atom. The molecular formula is C17H21N3O6S. The summed E-state index contributed by atoms with van der Waals surface area (Å²) in [4.78, 5) is 23.4. The van der Waals surface area contributed by atoms with Crippen LogP contribution < -0.4 is 25.5 Å². The number of primary amides is 1. The minimum Gasteiger partial charge on any atom is -0.496 e. The molecule has 1 amide bonds. The van der Waals surface area contributed by atoms with Gasteiger partial charge in [-0.1, -0.05) is 0 Å². The van der Waals surface area contributed by atoms with Gasteiger partial charge in [-0.15, -0.1) is 0 Å². The van der Waals surface area contributed by atoms with Crippen molar-refractivity contribution in [1.82, 2.24) is 9.29 Å². The lowest BCUT2D eigenvalue weighted by Gasteiger charge is -2.13. The van der Waals surface area contributed by atoms with E-state index in [-0.39, 0.29) is 34.9 Å². The first-order valence-electron chi connectivity index (χ1n) is 7.92. The molecule has 0 aliphatic rings. The van der Waals surface area contributed by atoms with Gasteiger partial charge >= 0.3 is 0 Å². The molecule has 0 saturated heterocycles. The molecule has 3 N–H and O–H groups in total. The van der Waals surface area contributed by atoms with Gasteiger partial charge in [0.25, 0.3) is 11.5 Å². The molecule has 27 heavy (non-hydrogen) atoms. The van der Waals surface area contributed by atoms with Crippen LogP contribution >= 0.6 is 0 Å². The van der Waals surface area contributed by atoms with Crippen LogP contribution in [0.4, 0.5) is 0 Å². The molecule has 0 unspecified atom stereocenters. The van der Waals surface area contributed by atoms with E-state index in [0.29, 0.717) is 11.4 Å². The third-order valence-corrected chi connectivity index (χ3v) is 5.38. The Bertz CT molecular complexity index is 1010. The van der Waals surface area contributed by atoms with E-state index in [1.807, 2.05) is 0 Å². The number of sulfonamides is 1. The molecule has 1 heterocycles. The van der Waals surface area contributed by atoms with E-state index in [1.165, 1.54) is 37.0 Å². The summed E-state index contributed by atoms with van der Waals surface area (Å²) in [7, 11) is -1.09. The number of pyridine rings is 1. The molecular weight excluding hydrogens is 374 g/mol. The molecule has 2 rings (SSSR count). The average molecular weight is 395 g/mol. The molecule has 0 saturated carbocycles. The zero-order valence-electron chi connectivity index (χ0n) is 15.2. The minimum absolute atomic E-state index is 0.0205. The molecule has 0 aliphatic heterocycles. The fourth-order valence-electron chi connectivity index (χ4n) is 2.53. The number of aryl methyl sites for hydroxylation is 1. The SMILES string of the molecule is COc1cc(C)n(CCNS(=O)(=O)c2ccc(OC)c(C(N)=O)c2)c(=O)c1. The maximum absolute atomic E-state index is 12.5. The van der Waals surface area contributed by atoms with Gasteiger partial charge in [0, 0.05) is 24.8 Å². The van der Waals surface area contributed by atoms with Gasteiger partial charge in [-0.3, -0.25) is 9.59 Å². The molecule has 146 valence electrons. The van der Waals surface area contributed by atoms with Crippen LogP contribution in [-0.4, -0.2) is 39.7 Å². The predicted octanol–water partition coefficient (Wildman–Crippen LogP) is 0.251. The second-order valence-electron chi connectivity index (χ2n) is 5.65. The van der Waals surface area contributed by atoms with Crippen LogP contribution in [0.1, 0.15) is 16.1 Å². The van der Waals surface area contributed by atoms with E-state index < -0.39 is 15.9 Å². The largest absolute Gasteiger partial charge is 0.496 e. The standard InChI is InChI=1S/C17H21N3O6S/c1-11-8-12(25-2)9-16(21)20(11)7-6-19-27(23,24)13-4-5-15(26-3)14(10-13)17(18)22/h4-5,8-10,19H,6-7H2,1-3H3,(H2,18,22). The molecule has 9 nitrogen and oxygen atoms in total. The first-order chi connectivity index (χ1) is 12.7. The van der Waals surface area contributed by atoms with Crippen LogP contribution in [0.3, 0.4) is 0 Å². The number of hydrogen-bond donors (Lipinski definition) is 2. The lowest BCUT2D eigenvalue weighted by molar-refractivity contribution is 0.0997. The minimum atomic E-state index is -3.90. The number of nitrogens with zero attached hydrogens (tertiary/aromatic N) is 1. The molecule has 1 aromatic carbocycles. The second-order valence-corrected chi connectivity index (χ2v) is 7.42. The molecule has 0 fully saturated rings. The summed E-state index contributed by atoms with van der Waals surface area (Å²) in [5, 5.41) is 0. The number of nitrogens with one attached hydrogen (secondary N) is 1. The molecule has 0 atom stereocenters. The summed E-state index contributed by atoms with van der Waals surface area (Å²) < 4.78 is 38.8. The van der Waals surface area contributed by atoms with Crippen molar-refractivity contribution in [3.8, 4) is 11.5 Å². The van der Waals surface area contributed by atoms with Crippen molar-refractivity contribution >= 4 is 15.9 Å². The van der Waals surface area contributed by atoms with Gasteiger partial charge in [0.2, 0.25) is 10.0 Å². The first-order valence-corrected chi connectivity index (χ1v) is 9.41. The van der Waals surface area contributed by atoms with Gasteiger partial charge in [0.1, 0.15) is 11.5 Å². The maximum Gasteiger partial charge on any atom is 0.254 e. The van der Waals surface area contributed by atoms with Crippen molar-refractivity contribution in [3.63, 3.8) is 0 Å². The maximum atomic E-state index is 12.5. The van der Waals surface area contributed by atoms with Crippen LogP contribution in [0, 0.1) is 6.92 Å². The van der Waals surface area contributed by atoms with E-state index in [2.05, 4.69) is 4.72 Å². The molecule has 0 aliphatic carbocycles. The Morgan fingerprint density at radius 3 is 2.44 bits per heavy atom. The van der Waals surface area contributed by atoms with E-state index in [9.17, 15) is 18.0 Å². The number of methoxy groups -OCH3 is 2. The lowest BCUT2D eigenvalue weighted by Crippen LogP contribution is -2.31. The number of ether oxygens (including phenoxy) is 2. The fraction of sp³-hybridized carbons (Fsp3) is 0.294. The van der Waals surface area contributed by atoms with Crippen LogP contribution in [0.5, 0.6) is 11.5 Å². The number of aromatic nitrogens is 1. The first kappa shape index (κ1) is 20.5. The van der Waals surface area contributed by atoms with Crippen LogP contribution in [0.15, 0.2) is 40.0 Å². The normalized spacial score (nSPS) is 11.2. The Kier molecular flexibility index (Phi) is 6.24. The molecule has 0 bridgehead atoms. The van der Waals surface area contributed by atoms with Gasteiger partial charge in [-0.05, 0) is 31.2 Å². The van der Waals surface area contributed by atoms with Crippen molar-refractivity contribution in [2.45, 2.75) is 18.4 Å². The highest BCUT2D eigenvalue weighted by Crippen LogP contribution is 2.22. The lowest BCUT2D eigenvalue weighted by atomic mass is 10.2. The Labute approximate surface area is 156 Å². The Balaban J connectivity index is 2.18. The second kappa shape index (κ2) is 8.23.